The topological polar surface area (TPSA) is 6.48 Å². The van der Waals surface area contributed by atoms with Crippen molar-refractivity contribution in [3.05, 3.63) is 46.8 Å². The van der Waals surface area contributed by atoms with Gasteiger partial charge < -0.3 is 4.90 Å². The fraction of sp³-hybridized carbons (Fsp3) is 0.412. The summed E-state index contributed by atoms with van der Waals surface area (Å²) < 4.78 is 0. The van der Waals surface area contributed by atoms with E-state index in [0.717, 1.165) is 6.54 Å². The van der Waals surface area contributed by atoms with Gasteiger partial charge in [-0.15, -0.1) is 11.3 Å². The summed E-state index contributed by atoms with van der Waals surface area (Å²) in [6.07, 6.45) is 0. The highest BCUT2D eigenvalue weighted by Gasteiger charge is 2.14. The van der Waals surface area contributed by atoms with Crippen molar-refractivity contribution in [2.45, 2.75) is 13.5 Å². The van der Waals surface area contributed by atoms with Gasteiger partial charge in [-0.3, -0.25) is 4.90 Å². The van der Waals surface area contributed by atoms with Gasteiger partial charge in [-0.05, 0) is 31.7 Å². The Kier molecular flexibility index (Phi) is 4.20. The largest absolute Gasteiger partial charge is 0.304 e. The third-order valence-electron chi connectivity index (χ3n) is 3.97. The molecule has 20 heavy (non-hydrogen) atoms. The van der Waals surface area contributed by atoms with E-state index in [-0.39, 0.29) is 0 Å². The van der Waals surface area contributed by atoms with Gasteiger partial charge in [0.2, 0.25) is 0 Å². The van der Waals surface area contributed by atoms with Crippen LogP contribution in [0.2, 0.25) is 0 Å². The fourth-order valence-corrected chi connectivity index (χ4v) is 3.62. The lowest BCUT2D eigenvalue weighted by Gasteiger charge is -2.31. The van der Waals surface area contributed by atoms with Crippen molar-refractivity contribution in [1.82, 2.24) is 9.80 Å². The lowest BCUT2D eigenvalue weighted by Crippen LogP contribution is -2.43. The van der Waals surface area contributed by atoms with Gasteiger partial charge in [0.15, 0.2) is 0 Å². The molecular weight excluding hydrogens is 264 g/mol. The molecule has 0 saturated carbocycles. The number of thiophene rings is 1. The average Bonchev–Trinajstić information content (AvgIpc) is 2.91. The number of nitrogens with zero attached hydrogens (tertiary/aromatic N) is 2. The maximum absolute atomic E-state index is 2.56. The van der Waals surface area contributed by atoms with Gasteiger partial charge in [-0.2, -0.15) is 0 Å². The molecule has 1 aromatic carbocycles. The predicted octanol–water partition coefficient (Wildman–Crippen LogP) is 3.47. The zero-order valence-electron chi connectivity index (χ0n) is 12.3. The zero-order valence-corrected chi connectivity index (χ0v) is 13.1. The molecule has 3 heteroatoms. The molecule has 106 valence electrons. The van der Waals surface area contributed by atoms with Gasteiger partial charge in [-0.25, -0.2) is 0 Å². The summed E-state index contributed by atoms with van der Waals surface area (Å²) in [7, 11) is 2.21. The summed E-state index contributed by atoms with van der Waals surface area (Å²) in [5.74, 6) is 0. The Morgan fingerprint density at radius 2 is 1.65 bits per heavy atom. The molecule has 0 spiro atoms. The summed E-state index contributed by atoms with van der Waals surface area (Å²) in [4.78, 5) is 7.83. The third-order valence-corrected chi connectivity index (χ3v) is 5.09. The van der Waals surface area contributed by atoms with E-state index in [1.165, 1.54) is 47.1 Å². The van der Waals surface area contributed by atoms with Crippen LogP contribution in [-0.2, 0) is 6.54 Å². The minimum atomic E-state index is 1.10. The van der Waals surface area contributed by atoms with E-state index < -0.39 is 0 Å². The Labute approximate surface area is 125 Å². The van der Waals surface area contributed by atoms with E-state index >= 15 is 0 Å². The van der Waals surface area contributed by atoms with Crippen molar-refractivity contribution in [3.8, 4) is 10.4 Å². The van der Waals surface area contributed by atoms with E-state index in [0.29, 0.717) is 0 Å². The monoisotopic (exact) mass is 286 g/mol. The Bertz CT molecular complexity index is 551. The van der Waals surface area contributed by atoms with Crippen molar-refractivity contribution >= 4 is 11.3 Å². The lowest BCUT2D eigenvalue weighted by atomic mass is 10.1. The van der Waals surface area contributed by atoms with E-state index in [2.05, 4.69) is 60.2 Å². The Hall–Kier alpha value is -1.16. The van der Waals surface area contributed by atoms with Gasteiger partial charge in [0.25, 0.3) is 0 Å². The minimum Gasteiger partial charge on any atom is -0.304 e. The first-order chi connectivity index (χ1) is 9.70. The second kappa shape index (κ2) is 6.08. The van der Waals surface area contributed by atoms with E-state index in [9.17, 15) is 0 Å². The van der Waals surface area contributed by atoms with Crippen LogP contribution in [-0.4, -0.2) is 43.0 Å². The molecule has 0 aliphatic carbocycles. The highest BCUT2D eigenvalue weighted by molar-refractivity contribution is 7.15. The first-order valence-corrected chi connectivity index (χ1v) is 8.09. The number of hydrogen-bond donors (Lipinski definition) is 0. The van der Waals surface area contributed by atoms with Gasteiger partial charge in [0, 0.05) is 42.5 Å². The van der Waals surface area contributed by atoms with E-state index in [4.69, 9.17) is 0 Å². The number of benzene rings is 1. The highest BCUT2D eigenvalue weighted by atomic mass is 32.1. The molecule has 0 atom stereocenters. The SMILES string of the molecule is Cc1ccc(-c2ccc(CN3CCN(C)CC3)s2)cc1. The molecule has 3 rings (SSSR count). The van der Waals surface area contributed by atoms with Crippen LogP contribution in [0.1, 0.15) is 10.4 Å². The Morgan fingerprint density at radius 3 is 2.35 bits per heavy atom. The van der Waals surface area contributed by atoms with Crippen LogP contribution in [0.25, 0.3) is 10.4 Å². The molecule has 2 aromatic rings. The third kappa shape index (κ3) is 3.29. The van der Waals surface area contributed by atoms with Crippen LogP contribution >= 0.6 is 11.3 Å². The average molecular weight is 286 g/mol. The molecule has 0 radical (unpaired) electrons. The molecule has 2 heterocycles. The number of aryl methyl sites for hydroxylation is 1. The summed E-state index contributed by atoms with van der Waals surface area (Å²) >= 11 is 1.93. The van der Waals surface area contributed by atoms with E-state index in [1.807, 2.05) is 11.3 Å². The molecule has 0 unspecified atom stereocenters. The smallest absolute Gasteiger partial charge is 0.0346 e. The molecule has 2 nitrogen and oxygen atoms in total. The predicted molar refractivity (Wildman–Crippen MR) is 87.3 cm³/mol. The Balaban J connectivity index is 1.66. The van der Waals surface area contributed by atoms with Crippen LogP contribution in [0.4, 0.5) is 0 Å². The lowest BCUT2D eigenvalue weighted by molar-refractivity contribution is 0.149. The van der Waals surface area contributed by atoms with Crippen molar-refractivity contribution in [2.75, 3.05) is 33.2 Å². The van der Waals surface area contributed by atoms with Crippen LogP contribution in [0.5, 0.6) is 0 Å². The quantitative estimate of drug-likeness (QED) is 0.852. The first kappa shape index (κ1) is 13.8. The second-order valence-electron chi connectivity index (χ2n) is 5.71. The Morgan fingerprint density at radius 1 is 0.950 bits per heavy atom. The highest BCUT2D eigenvalue weighted by Crippen LogP contribution is 2.29. The maximum atomic E-state index is 2.56. The molecule has 1 saturated heterocycles. The van der Waals surface area contributed by atoms with Crippen LogP contribution in [0, 0.1) is 6.92 Å². The normalized spacial score (nSPS) is 17.5. The van der Waals surface area contributed by atoms with Crippen molar-refractivity contribution < 1.29 is 0 Å². The zero-order chi connectivity index (χ0) is 13.9. The summed E-state index contributed by atoms with van der Waals surface area (Å²) in [5, 5.41) is 0. The minimum absolute atomic E-state index is 1.10. The number of piperazine rings is 1. The number of likely N-dealkylation sites (N-methyl/N-ethyl adjacent to an activating group) is 1. The summed E-state index contributed by atoms with van der Waals surface area (Å²) in [5.41, 5.74) is 2.66. The van der Waals surface area contributed by atoms with Crippen LogP contribution in [0.15, 0.2) is 36.4 Å². The van der Waals surface area contributed by atoms with Crippen molar-refractivity contribution in [1.29, 1.82) is 0 Å². The van der Waals surface area contributed by atoms with Crippen LogP contribution < -0.4 is 0 Å². The molecule has 1 aliphatic rings. The summed E-state index contributed by atoms with van der Waals surface area (Å²) in [6, 6.07) is 13.4. The fourth-order valence-electron chi connectivity index (χ4n) is 2.56. The van der Waals surface area contributed by atoms with Gasteiger partial charge in [0.05, 0.1) is 0 Å². The number of hydrogen-bond acceptors (Lipinski definition) is 3. The first-order valence-electron chi connectivity index (χ1n) is 7.27. The van der Waals surface area contributed by atoms with Crippen molar-refractivity contribution in [2.24, 2.45) is 0 Å². The molecule has 1 aliphatic heterocycles. The second-order valence-corrected chi connectivity index (χ2v) is 6.88. The molecule has 1 fully saturated rings. The van der Waals surface area contributed by atoms with Gasteiger partial charge in [-0.1, -0.05) is 29.8 Å². The molecule has 0 bridgehead atoms. The summed E-state index contributed by atoms with van der Waals surface area (Å²) in [6.45, 7) is 8.00. The molecule has 0 amide bonds. The number of rotatable bonds is 3. The van der Waals surface area contributed by atoms with Gasteiger partial charge >= 0.3 is 0 Å². The van der Waals surface area contributed by atoms with E-state index in [1.54, 1.807) is 0 Å². The molecule has 0 N–H and O–H groups in total. The van der Waals surface area contributed by atoms with Crippen LogP contribution in [0.3, 0.4) is 0 Å². The van der Waals surface area contributed by atoms with Gasteiger partial charge in [0.1, 0.15) is 0 Å². The van der Waals surface area contributed by atoms with Crippen molar-refractivity contribution in [3.63, 3.8) is 0 Å². The molecular formula is C17H22N2S. The maximum Gasteiger partial charge on any atom is 0.0346 e. The molecule has 1 aromatic heterocycles. The standard InChI is InChI=1S/C17H22N2S/c1-14-3-5-15(6-4-14)17-8-7-16(20-17)13-19-11-9-18(2)10-12-19/h3-8H,9-13H2,1-2H3.